The molecule has 34 heavy (non-hydrogen) atoms. The molecule has 0 aliphatic carbocycles. The Bertz CT molecular complexity index is 609. The molecular formula is C25H56NO6S2+. The maximum atomic E-state index is 10.2. The zero-order valence-corrected chi connectivity index (χ0v) is 25.9. The molecule has 0 saturated heterocycles. The molecule has 0 aromatic rings. The number of ether oxygens (including phenoxy) is 1. The van der Waals surface area contributed by atoms with Crippen LogP contribution in [0, 0.1) is 0 Å². The first kappa shape index (κ1) is 43.0. The summed E-state index contributed by atoms with van der Waals surface area (Å²) in [5, 5.41) is 0. The van der Waals surface area contributed by atoms with Crippen molar-refractivity contribution in [2.45, 2.75) is 99.8 Å². The lowest BCUT2D eigenvalue weighted by atomic mass is 10.2. The zero-order chi connectivity index (χ0) is 28.2. The average Bonchev–Trinajstić information content (AvgIpc) is 2.69. The number of nitrogens with zero attached hydrogens (tertiary/aromatic N) is 1. The minimum absolute atomic E-state index is 0.123. The summed E-state index contributed by atoms with van der Waals surface area (Å²) in [6, 6.07) is 0. The van der Waals surface area contributed by atoms with E-state index in [-0.39, 0.29) is 11.8 Å². The summed E-state index contributed by atoms with van der Waals surface area (Å²) in [5.41, 5.74) is 1.47. The number of carbonyl (C=O) groups excluding carboxylic acids is 2. The highest BCUT2D eigenvalue weighted by atomic mass is 32.2. The quantitative estimate of drug-likeness (QED) is 0.222. The minimum atomic E-state index is -2.67. The predicted molar refractivity (Wildman–Crippen MR) is 149 cm³/mol. The van der Waals surface area contributed by atoms with E-state index in [4.69, 9.17) is 0 Å². The first-order chi connectivity index (χ1) is 15.6. The second-order valence-electron chi connectivity index (χ2n) is 8.07. The molecule has 0 aromatic heterocycles. The normalized spacial score (nSPS) is 10.2. The highest BCUT2D eigenvalue weighted by Gasteiger charge is 1.96. The van der Waals surface area contributed by atoms with Gasteiger partial charge >= 0.3 is 5.97 Å². The summed E-state index contributed by atoms with van der Waals surface area (Å²) in [4.78, 5) is 20.2. The van der Waals surface area contributed by atoms with Gasteiger partial charge in [0.2, 0.25) is 0 Å². The van der Waals surface area contributed by atoms with E-state index in [1.807, 2.05) is 27.7 Å². The maximum absolute atomic E-state index is 10.2. The molecular weight excluding hydrogens is 474 g/mol. The van der Waals surface area contributed by atoms with Gasteiger partial charge in [-0.05, 0) is 39.0 Å². The van der Waals surface area contributed by atoms with Gasteiger partial charge in [-0.1, -0.05) is 34.6 Å². The van der Waals surface area contributed by atoms with Gasteiger partial charge in [0.15, 0.2) is 0 Å². The average molecular weight is 531 g/mol. The van der Waals surface area contributed by atoms with Crippen molar-refractivity contribution in [1.29, 1.82) is 0 Å². The number of methoxy groups -OCH3 is 1. The molecule has 0 fully saturated rings. The molecule has 0 N–H and O–H groups in total. The summed E-state index contributed by atoms with van der Waals surface area (Å²) in [5.74, 6) is 1.33. The lowest BCUT2D eigenvalue weighted by Gasteiger charge is -1.92. The van der Waals surface area contributed by atoms with Crippen LogP contribution >= 0.6 is 0 Å². The van der Waals surface area contributed by atoms with E-state index in [0.29, 0.717) is 12.2 Å². The molecule has 0 heterocycles. The van der Waals surface area contributed by atoms with Gasteiger partial charge in [-0.3, -0.25) is 9.00 Å². The fraction of sp³-hybridized carbons (Fsp3) is 0.880. The number of Topliss-reactive ketones (excluding diaryl/α,β-unsaturated/α-hetero) is 1. The topological polar surface area (TPSA) is 97.6 Å². The zero-order valence-electron chi connectivity index (χ0n) is 24.3. The lowest BCUT2D eigenvalue weighted by Crippen LogP contribution is -2.08. The highest BCUT2D eigenvalue weighted by Crippen LogP contribution is 1.88. The van der Waals surface area contributed by atoms with E-state index in [0.717, 1.165) is 37.9 Å². The summed E-state index contributed by atoms with van der Waals surface area (Å²) in [6.45, 7) is 13.8. The molecule has 7 nitrogen and oxygen atoms in total. The van der Waals surface area contributed by atoms with Crippen LogP contribution in [0.15, 0.2) is 0 Å². The summed E-state index contributed by atoms with van der Waals surface area (Å²) in [6.07, 6.45) is 10.3. The van der Waals surface area contributed by atoms with E-state index in [1.165, 1.54) is 31.9 Å². The van der Waals surface area contributed by atoms with Crippen molar-refractivity contribution in [3.8, 4) is 0 Å². The van der Waals surface area contributed by atoms with Crippen LogP contribution in [0.4, 0.5) is 0 Å². The van der Waals surface area contributed by atoms with Crippen LogP contribution in [0.1, 0.15) is 99.8 Å². The van der Waals surface area contributed by atoms with Crippen LogP contribution < -0.4 is 0 Å². The number of hydrogen-bond donors (Lipinski definition) is 0. The van der Waals surface area contributed by atoms with E-state index in [9.17, 15) is 22.2 Å². The van der Waals surface area contributed by atoms with Crippen LogP contribution in [0.2, 0.25) is 0 Å². The Morgan fingerprint density at radius 2 is 1.26 bits per heavy atom. The summed E-state index contributed by atoms with van der Waals surface area (Å²) >= 11 is 0. The van der Waals surface area contributed by atoms with Gasteiger partial charge in [-0.25, -0.2) is 13.0 Å². The van der Waals surface area contributed by atoms with Crippen molar-refractivity contribution < 1.29 is 31.5 Å². The van der Waals surface area contributed by atoms with E-state index in [1.54, 1.807) is 13.2 Å². The third-order valence-corrected chi connectivity index (χ3v) is 5.86. The van der Waals surface area contributed by atoms with Crippen molar-refractivity contribution in [2.75, 3.05) is 45.2 Å². The van der Waals surface area contributed by atoms with Crippen molar-refractivity contribution >= 4 is 38.1 Å². The Labute approximate surface area is 214 Å². The monoisotopic (exact) mass is 530 g/mol. The van der Waals surface area contributed by atoms with Crippen molar-refractivity contribution in [2.24, 2.45) is 0 Å². The fourth-order valence-corrected chi connectivity index (χ4v) is 3.22. The molecule has 0 bridgehead atoms. The van der Waals surface area contributed by atoms with Gasteiger partial charge in [-0.15, -0.1) is 0 Å². The Morgan fingerprint density at radius 1 is 0.824 bits per heavy atom. The third kappa shape index (κ3) is 63.2. The molecule has 1 unspecified atom stereocenters. The number of sulfone groups is 1. The SMILES string of the molecule is CCCC(=O)OC.CCCC(C)=O.CCCC(C)=[N+](C)C.CCCS(C)(=O)=O.CCCS(C)=O. The molecule has 0 amide bonds. The molecule has 9 heteroatoms. The summed E-state index contributed by atoms with van der Waals surface area (Å²) in [7, 11) is 2.34. The molecule has 0 rings (SSSR count). The van der Waals surface area contributed by atoms with Crippen molar-refractivity contribution in [3.63, 3.8) is 0 Å². The van der Waals surface area contributed by atoms with Crippen LogP contribution in [0.25, 0.3) is 0 Å². The van der Waals surface area contributed by atoms with Gasteiger partial charge < -0.3 is 9.53 Å². The first-order valence-corrected chi connectivity index (χ1v) is 15.9. The number of esters is 1. The second kappa shape index (κ2) is 31.9. The van der Waals surface area contributed by atoms with Crippen LogP contribution in [-0.4, -0.2) is 79.9 Å². The molecule has 0 aliphatic rings. The first-order valence-electron chi connectivity index (χ1n) is 12.1. The Kier molecular flexibility index (Phi) is 40.4. The van der Waals surface area contributed by atoms with E-state index in [2.05, 4.69) is 37.3 Å². The van der Waals surface area contributed by atoms with E-state index < -0.39 is 20.6 Å². The number of carbonyl (C=O) groups is 2. The van der Waals surface area contributed by atoms with Crippen molar-refractivity contribution in [1.82, 2.24) is 0 Å². The lowest BCUT2D eigenvalue weighted by molar-refractivity contribution is -0.466. The smallest absolute Gasteiger partial charge is 0.305 e. The molecule has 208 valence electrons. The molecule has 0 aliphatic heterocycles. The third-order valence-electron chi connectivity index (χ3n) is 3.73. The maximum Gasteiger partial charge on any atom is 0.305 e. The fourth-order valence-electron chi connectivity index (χ4n) is 1.90. The van der Waals surface area contributed by atoms with Gasteiger partial charge in [0, 0.05) is 61.0 Å². The predicted octanol–water partition coefficient (Wildman–Crippen LogP) is 5.07. The standard InChI is InChI=1S/C7H16N.C5H10O2.C5H10O.C4H10O2S.C4H10OS/c1-5-6-7(2)8(3)4;1-3-4-5(6)7-2;1-3-4-5(2)6;1-3-4-7(2,5)6;1-3-4-6(2)5/h5-6H2,1-4H3;3-4H2,1-2H3;3-4H2,1-2H3;3-4H2,1-2H3;3-4H2,1-2H3/q+1;;;;. The van der Waals surface area contributed by atoms with Gasteiger partial charge in [0.05, 0.1) is 7.11 Å². The Hall–Kier alpha value is -1.09. The second-order valence-corrected chi connectivity index (χ2v) is 11.9. The minimum Gasteiger partial charge on any atom is -0.469 e. The van der Waals surface area contributed by atoms with E-state index >= 15 is 0 Å². The molecule has 1 atom stereocenters. The number of ketones is 1. The molecule has 0 spiro atoms. The van der Waals surface area contributed by atoms with Gasteiger partial charge in [0.1, 0.15) is 35.4 Å². The summed E-state index contributed by atoms with van der Waals surface area (Å²) < 4.78 is 37.1. The molecule has 0 radical (unpaired) electrons. The van der Waals surface area contributed by atoms with Crippen molar-refractivity contribution in [3.05, 3.63) is 0 Å². The Balaban J connectivity index is -0.000000104. The number of rotatable bonds is 10. The molecule has 0 aromatic carbocycles. The van der Waals surface area contributed by atoms with Crippen LogP contribution in [0.5, 0.6) is 0 Å². The highest BCUT2D eigenvalue weighted by molar-refractivity contribution is 7.90. The number of hydrogen-bond acceptors (Lipinski definition) is 6. The van der Waals surface area contributed by atoms with Crippen LogP contribution in [-0.2, 0) is 35.0 Å². The Morgan fingerprint density at radius 3 is 1.32 bits per heavy atom. The van der Waals surface area contributed by atoms with Gasteiger partial charge in [-0.2, -0.15) is 0 Å². The largest absolute Gasteiger partial charge is 0.469 e. The van der Waals surface area contributed by atoms with Gasteiger partial charge in [0.25, 0.3) is 0 Å². The van der Waals surface area contributed by atoms with Crippen LogP contribution in [0.3, 0.4) is 0 Å². The molecule has 0 saturated carbocycles.